The summed E-state index contributed by atoms with van der Waals surface area (Å²) < 4.78 is 7.13. The fourth-order valence-electron chi connectivity index (χ4n) is 3.60. The molecule has 0 bridgehead atoms. The van der Waals surface area contributed by atoms with Crippen LogP contribution in [0.2, 0.25) is 0 Å². The van der Waals surface area contributed by atoms with Gasteiger partial charge in [0.05, 0.1) is 12.2 Å². The van der Waals surface area contributed by atoms with Crippen LogP contribution in [0.25, 0.3) is 11.6 Å². The lowest BCUT2D eigenvalue weighted by Gasteiger charge is -2.17. The van der Waals surface area contributed by atoms with Gasteiger partial charge >= 0.3 is 0 Å². The van der Waals surface area contributed by atoms with Crippen LogP contribution in [0.4, 0.5) is 0 Å². The second kappa shape index (κ2) is 6.54. The van der Waals surface area contributed by atoms with E-state index in [4.69, 9.17) is 4.52 Å². The molecule has 2 fully saturated rings. The molecule has 5 rings (SSSR count). The number of aryl methyl sites for hydroxylation is 2. The molecule has 2 aliphatic rings. The van der Waals surface area contributed by atoms with Crippen molar-refractivity contribution < 1.29 is 9.32 Å². The summed E-state index contributed by atoms with van der Waals surface area (Å²) in [5, 5.41) is 12.5. The van der Waals surface area contributed by atoms with Crippen molar-refractivity contribution >= 4 is 5.91 Å². The van der Waals surface area contributed by atoms with E-state index in [1.165, 1.54) is 5.56 Å². The van der Waals surface area contributed by atoms with Crippen molar-refractivity contribution in [3.05, 3.63) is 46.9 Å². The number of carbonyl (C=O) groups is 1. The lowest BCUT2D eigenvalue weighted by Crippen LogP contribution is -2.29. The molecule has 8 heteroatoms. The molecule has 3 heterocycles. The maximum absolute atomic E-state index is 12.8. The summed E-state index contributed by atoms with van der Waals surface area (Å²) in [7, 11) is 0. The molecule has 144 valence electrons. The Morgan fingerprint density at radius 3 is 2.82 bits per heavy atom. The smallest absolute Gasteiger partial charge is 0.280 e. The van der Waals surface area contributed by atoms with E-state index in [9.17, 15) is 4.79 Å². The molecule has 1 aliphatic heterocycles. The molecule has 8 nitrogen and oxygen atoms in total. The molecule has 0 spiro atoms. The molecular formula is C20H22N6O2. The zero-order valence-corrected chi connectivity index (χ0v) is 16.0. The van der Waals surface area contributed by atoms with Crippen molar-refractivity contribution in [1.82, 2.24) is 30.0 Å². The first-order valence-electron chi connectivity index (χ1n) is 9.71. The van der Waals surface area contributed by atoms with Crippen molar-refractivity contribution in [3.8, 4) is 11.6 Å². The van der Waals surface area contributed by atoms with E-state index in [1.54, 1.807) is 0 Å². The predicted octanol–water partition coefficient (Wildman–Crippen LogP) is 2.91. The topological polar surface area (TPSA) is 89.9 Å². The maximum Gasteiger partial charge on any atom is 0.280 e. The normalized spacial score (nSPS) is 19.4. The summed E-state index contributed by atoms with van der Waals surface area (Å²) in [6.45, 7) is 5.40. The number of hydrogen-bond donors (Lipinski definition) is 0. The van der Waals surface area contributed by atoms with Crippen molar-refractivity contribution in [1.29, 1.82) is 0 Å². The molecule has 1 atom stereocenters. The first-order chi connectivity index (χ1) is 13.6. The molecule has 2 aromatic heterocycles. The minimum absolute atomic E-state index is 0.0666. The molecule has 3 aromatic rings. The minimum atomic E-state index is 0.0666. The summed E-state index contributed by atoms with van der Waals surface area (Å²) in [6, 6.07) is 5.96. The Hall–Kier alpha value is -3.03. The van der Waals surface area contributed by atoms with Gasteiger partial charge in [0.25, 0.3) is 11.8 Å². The first-order valence-corrected chi connectivity index (χ1v) is 9.71. The third-order valence-corrected chi connectivity index (χ3v) is 5.69. The van der Waals surface area contributed by atoms with Gasteiger partial charge in [-0.1, -0.05) is 16.4 Å². The largest absolute Gasteiger partial charge is 0.336 e. The number of nitrogens with zero attached hydrogens (tertiary/aromatic N) is 6. The zero-order chi connectivity index (χ0) is 19.3. The van der Waals surface area contributed by atoms with Gasteiger partial charge in [-0.2, -0.15) is 4.98 Å². The molecule has 1 aromatic carbocycles. The van der Waals surface area contributed by atoms with Crippen molar-refractivity contribution in [2.24, 2.45) is 0 Å². The monoisotopic (exact) mass is 378 g/mol. The molecule has 1 unspecified atom stereocenters. The van der Waals surface area contributed by atoms with E-state index < -0.39 is 0 Å². The van der Waals surface area contributed by atoms with Crippen LogP contribution in [-0.4, -0.2) is 49.0 Å². The van der Waals surface area contributed by atoms with Crippen molar-refractivity contribution in [2.45, 2.75) is 45.1 Å². The molecule has 1 amide bonds. The highest BCUT2D eigenvalue weighted by molar-refractivity contribution is 5.94. The number of carbonyl (C=O) groups excluding carboxylic acids is 1. The Balaban J connectivity index is 1.28. The van der Waals surface area contributed by atoms with E-state index in [0.717, 1.165) is 36.2 Å². The molecular weight excluding hydrogens is 356 g/mol. The fraction of sp³-hybridized carbons (Fsp3) is 0.450. The molecule has 1 aliphatic carbocycles. The Morgan fingerprint density at radius 1 is 1.18 bits per heavy atom. The molecule has 0 N–H and O–H groups in total. The highest BCUT2D eigenvalue weighted by Gasteiger charge is 2.31. The standard InChI is InChI=1S/C20H22N6O2/c1-12-3-4-15(9-13(12)2)20(27)25-8-7-16(10-25)26-11-17(22-24-26)19-21-18(23-28-19)14-5-6-14/h3-4,9,11,14,16H,5-8,10H2,1-2H3. The van der Waals surface area contributed by atoms with Gasteiger partial charge in [-0.25, -0.2) is 4.68 Å². The summed E-state index contributed by atoms with van der Waals surface area (Å²) in [6.07, 6.45) is 4.92. The second-order valence-electron chi connectivity index (χ2n) is 7.81. The third kappa shape index (κ3) is 3.08. The number of hydrogen-bond acceptors (Lipinski definition) is 6. The van der Waals surface area contributed by atoms with Crippen LogP contribution in [0.1, 0.15) is 58.5 Å². The number of benzene rings is 1. The van der Waals surface area contributed by atoms with Crippen LogP contribution < -0.4 is 0 Å². The van der Waals surface area contributed by atoms with Crippen LogP contribution in [-0.2, 0) is 0 Å². The first kappa shape index (κ1) is 17.1. The number of likely N-dealkylation sites (tertiary alicyclic amines) is 1. The SMILES string of the molecule is Cc1ccc(C(=O)N2CCC(n3cc(-c4nc(C5CC5)no4)nn3)C2)cc1C. The third-order valence-electron chi connectivity index (χ3n) is 5.69. The van der Waals surface area contributed by atoms with Gasteiger partial charge in [-0.05, 0) is 56.4 Å². The predicted molar refractivity (Wildman–Crippen MR) is 101 cm³/mol. The van der Waals surface area contributed by atoms with Gasteiger partial charge < -0.3 is 9.42 Å². The van der Waals surface area contributed by atoms with E-state index in [2.05, 4.69) is 27.4 Å². The van der Waals surface area contributed by atoms with Crippen LogP contribution in [0, 0.1) is 13.8 Å². The average molecular weight is 378 g/mol. The van der Waals surface area contributed by atoms with Gasteiger partial charge in [-0.15, -0.1) is 5.10 Å². The fourth-order valence-corrected chi connectivity index (χ4v) is 3.60. The van der Waals surface area contributed by atoms with Gasteiger partial charge in [0.1, 0.15) is 0 Å². The maximum atomic E-state index is 12.8. The number of aromatic nitrogens is 5. The van der Waals surface area contributed by atoms with Gasteiger partial charge in [0.15, 0.2) is 11.5 Å². The number of amides is 1. The second-order valence-corrected chi connectivity index (χ2v) is 7.81. The molecule has 28 heavy (non-hydrogen) atoms. The highest BCUT2D eigenvalue weighted by Crippen LogP contribution is 2.38. The van der Waals surface area contributed by atoms with Crippen LogP contribution >= 0.6 is 0 Å². The van der Waals surface area contributed by atoms with Gasteiger partial charge in [0.2, 0.25) is 0 Å². The summed E-state index contributed by atoms with van der Waals surface area (Å²) in [4.78, 5) is 19.1. The Bertz CT molecular complexity index is 1040. The van der Waals surface area contributed by atoms with E-state index in [1.807, 2.05) is 40.9 Å². The Labute approximate surface area is 162 Å². The molecule has 1 saturated carbocycles. The van der Waals surface area contributed by atoms with Crippen molar-refractivity contribution in [3.63, 3.8) is 0 Å². The molecule has 0 radical (unpaired) electrons. The van der Waals surface area contributed by atoms with Crippen LogP contribution in [0.5, 0.6) is 0 Å². The summed E-state index contributed by atoms with van der Waals surface area (Å²) in [5.74, 6) is 1.68. The van der Waals surface area contributed by atoms with Gasteiger partial charge in [0, 0.05) is 24.6 Å². The highest BCUT2D eigenvalue weighted by atomic mass is 16.5. The summed E-state index contributed by atoms with van der Waals surface area (Å²) >= 11 is 0. The minimum Gasteiger partial charge on any atom is -0.336 e. The number of rotatable bonds is 4. The van der Waals surface area contributed by atoms with Crippen LogP contribution in [0.3, 0.4) is 0 Å². The van der Waals surface area contributed by atoms with E-state index in [-0.39, 0.29) is 11.9 Å². The Kier molecular flexibility index (Phi) is 3.99. The summed E-state index contributed by atoms with van der Waals surface area (Å²) in [5.41, 5.74) is 3.64. The zero-order valence-electron chi connectivity index (χ0n) is 16.0. The Morgan fingerprint density at radius 2 is 2.04 bits per heavy atom. The van der Waals surface area contributed by atoms with Crippen molar-refractivity contribution in [2.75, 3.05) is 13.1 Å². The van der Waals surface area contributed by atoms with E-state index in [0.29, 0.717) is 30.6 Å². The van der Waals surface area contributed by atoms with Gasteiger partial charge in [-0.3, -0.25) is 4.79 Å². The lowest BCUT2D eigenvalue weighted by atomic mass is 10.1. The molecule has 1 saturated heterocycles. The van der Waals surface area contributed by atoms with E-state index >= 15 is 0 Å². The average Bonchev–Trinajstić information content (AvgIpc) is 3.12. The quantitative estimate of drug-likeness (QED) is 0.693. The lowest BCUT2D eigenvalue weighted by molar-refractivity contribution is 0.0787. The van der Waals surface area contributed by atoms with Crippen LogP contribution in [0.15, 0.2) is 28.9 Å².